The predicted molar refractivity (Wildman–Crippen MR) is 134 cm³/mol. The van der Waals surface area contributed by atoms with Gasteiger partial charge in [-0.2, -0.15) is 10.1 Å². The van der Waals surface area contributed by atoms with Gasteiger partial charge in [0.05, 0.1) is 26.5 Å². The zero-order valence-electron chi connectivity index (χ0n) is 20.1. The summed E-state index contributed by atoms with van der Waals surface area (Å²) in [6, 6.07) is 11.8. The Morgan fingerprint density at radius 1 is 1.15 bits per heavy atom. The maximum atomic E-state index is 6.06. The van der Waals surface area contributed by atoms with Gasteiger partial charge in [0.2, 0.25) is 5.88 Å². The highest BCUT2D eigenvalue weighted by molar-refractivity contribution is 5.80. The molecule has 1 fully saturated rings. The minimum atomic E-state index is 0.588. The van der Waals surface area contributed by atoms with Crippen molar-refractivity contribution in [1.29, 1.82) is 0 Å². The van der Waals surface area contributed by atoms with E-state index in [2.05, 4.69) is 39.2 Å². The van der Waals surface area contributed by atoms with Crippen molar-refractivity contribution in [1.82, 2.24) is 9.88 Å². The van der Waals surface area contributed by atoms with Crippen molar-refractivity contribution >= 4 is 17.7 Å². The summed E-state index contributed by atoms with van der Waals surface area (Å²) in [6.45, 7) is 11.3. The fourth-order valence-electron chi connectivity index (χ4n) is 3.71. The topological polar surface area (TPSA) is 71.5 Å². The van der Waals surface area contributed by atoms with Crippen LogP contribution in [0.4, 0.5) is 11.5 Å². The van der Waals surface area contributed by atoms with Gasteiger partial charge in [-0.15, -0.1) is 0 Å². The zero-order chi connectivity index (χ0) is 23.3. The monoisotopic (exact) mass is 455 g/mol. The lowest BCUT2D eigenvalue weighted by Crippen LogP contribution is -2.38. The van der Waals surface area contributed by atoms with Crippen LogP contribution in [0.5, 0.6) is 11.6 Å². The van der Waals surface area contributed by atoms with Crippen molar-refractivity contribution in [2.75, 3.05) is 70.0 Å². The van der Waals surface area contributed by atoms with Gasteiger partial charge >= 0.3 is 0 Å². The first kappa shape index (κ1) is 24.8. The van der Waals surface area contributed by atoms with Crippen molar-refractivity contribution in [2.24, 2.45) is 5.10 Å². The van der Waals surface area contributed by atoms with Gasteiger partial charge < -0.3 is 19.1 Å². The lowest BCUT2D eigenvalue weighted by atomic mass is 10.2. The molecule has 0 atom stereocenters. The summed E-state index contributed by atoms with van der Waals surface area (Å²) in [6.07, 6.45) is 3.91. The molecular formula is C25H37N5O3. The Bertz CT molecular complexity index is 865. The highest BCUT2D eigenvalue weighted by atomic mass is 16.5. The van der Waals surface area contributed by atoms with E-state index in [9.17, 15) is 0 Å². The number of nitrogens with zero attached hydrogens (tertiary/aromatic N) is 4. The molecule has 2 heterocycles. The van der Waals surface area contributed by atoms with Crippen LogP contribution in [0.25, 0.3) is 0 Å². The molecule has 1 aromatic heterocycles. The number of hydrogen-bond donors (Lipinski definition) is 1. The molecule has 8 nitrogen and oxygen atoms in total. The molecule has 0 bridgehead atoms. The standard InChI is InChI=1S/C25H37N5O3/c1-4-9-30(10-5-2)22-18-24(28-26-20-21-7-6-8-23(17-21)31-3)27-25(19-22)33-16-13-29-11-14-32-15-12-29/h6-8,17-20H,4-5,9-16H2,1-3H3,(H,27,28)/b26-20+. The summed E-state index contributed by atoms with van der Waals surface area (Å²) >= 11 is 0. The van der Waals surface area contributed by atoms with Gasteiger partial charge in [0.25, 0.3) is 0 Å². The summed E-state index contributed by atoms with van der Waals surface area (Å²) < 4.78 is 16.8. The van der Waals surface area contributed by atoms with Crippen LogP contribution in [0.1, 0.15) is 32.3 Å². The summed E-state index contributed by atoms with van der Waals surface area (Å²) in [5.41, 5.74) is 5.11. The second-order valence-corrected chi connectivity index (χ2v) is 7.98. The van der Waals surface area contributed by atoms with E-state index in [0.717, 1.165) is 75.8 Å². The summed E-state index contributed by atoms with van der Waals surface area (Å²) in [7, 11) is 1.66. The Kier molecular flexibility index (Phi) is 10.3. The van der Waals surface area contributed by atoms with Gasteiger partial charge in [-0.1, -0.05) is 26.0 Å². The third-order valence-corrected chi connectivity index (χ3v) is 5.39. The number of ether oxygens (including phenoxy) is 3. The Hall–Kier alpha value is -2.84. The van der Waals surface area contributed by atoms with E-state index in [1.807, 2.05) is 36.4 Å². The number of rotatable bonds is 13. The molecule has 33 heavy (non-hydrogen) atoms. The Labute approximate surface area is 197 Å². The SMILES string of the molecule is CCCN(CCC)c1cc(N/N=C/c2cccc(OC)c2)nc(OCCN2CCOCC2)c1. The number of aromatic nitrogens is 1. The van der Waals surface area contributed by atoms with Crippen molar-refractivity contribution in [3.8, 4) is 11.6 Å². The quantitative estimate of drug-likeness (QED) is 0.363. The Morgan fingerprint density at radius 3 is 2.67 bits per heavy atom. The number of anilines is 2. The smallest absolute Gasteiger partial charge is 0.217 e. The number of hydrogen-bond acceptors (Lipinski definition) is 8. The second-order valence-electron chi connectivity index (χ2n) is 7.98. The molecule has 1 aromatic carbocycles. The van der Waals surface area contributed by atoms with Gasteiger partial charge in [-0.25, -0.2) is 0 Å². The second kappa shape index (κ2) is 13.6. The van der Waals surface area contributed by atoms with E-state index in [4.69, 9.17) is 14.2 Å². The van der Waals surface area contributed by atoms with E-state index in [-0.39, 0.29) is 0 Å². The minimum Gasteiger partial charge on any atom is -0.497 e. The van der Waals surface area contributed by atoms with Gasteiger partial charge in [0, 0.05) is 50.5 Å². The van der Waals surface area contributed by atoms with Crippen LogP contribution in [0, 0.1) is 0 Å². The van der Waals surface area contributed by atoms with Crippen molar-refractivity contribution in [2.45, 2.75) is 26.7 Å². The number of hydrazone groups is 1. The molecule has 0 radical (unpaired) electrons. The van der Waals surface area contributed by atoms with Crippen LogP contribution in [0.15, 0.2) is 41.5 Å². The molecular weight excluding hydrogens is 418 g/mol. The zero-order valence-corrected chi connectivity index (χ0v) is 20.1. The molecule has 1 aliphatic heterocycles. The first-order chi connectivity index (χ1) is 16.2. The first-order valence-corrected chi connectivity index (χ1v) is 11.8. The predicted octanol–water partition coefficient (Wildman–Crippen LogP) is 3.87. The van der Waals surface area contributed by atoms with Crippen LogP contribution in [0.2, 0.25) is 0 Å². The molecule has 0 saturated carbocycles. The third kappa shape index (κ3) is 8.22. The number of nitrogens with one attached hydrogen (secondary N) is 1. The van der Waals surface area contributed by atoms with E-state index in [1.54, 1.807) is 13.3 Å². The van der Waals surface area contributed by atoms with Gasteiger partial charge in [-0.3, -0.25) is 10.3 Å². The lowest BCUT2D eigenvalue weighted by molar-refractivity contribution is 0.0320. The van der Waals surface area contributed by atoms with E-state index in [1.165, 1.54) is 0 Å². The molecule has 2 aromatic rings. The number of pyridine rings is 1. The highest BCUT2D eigenvalue weighted by Gasteiger charge is 2.12. The Morgan fingerprint density at radius 2 is 1.94 bits per heavy atom. The minimum absolute atomic E-state index is 0.588. The van der Waals surface area contributed by atoms with Crippen LogP contribution in [0.3, 0.4) is 0 Å². The van der Waals surface area contributed by atoms with Crippen LogP contribution < -0.4 is 19.8 Å². The highest BCUT2D eigenvalue weighted by Crippen LogP contribution is 2.25. The lowest BCUT2D eigenvalue weighted by Gasteiger charge is -2.26. The molecule has 180 valence electrons. The molecule has 1 N–H and O–H groups in total. The molecule has 1 aliphatic rings. The maximum Gasteiger partial charge on any atom is 0.217 e. The molecule has 0 spiro atoms. The molecule has 0 unspecified atom stereocenters. The van der Waals surface area contributed by atoms with Gasteiger partial charge in [0.1, 0.15) is 12.4 Å². The average Bonchev–Trinajstić information content (AvgIpc) is 2.85. The molecule has 1 saturated heterocycles. The van der Waals surface area contributed by atoms with Gasteiger partial charge in [-0.05, 0) is 30.5 Å². The fourth-order valence-corrected chi connectivity index (χ4v) is 3.71. The molecule has 0 amide bonds. The van der Waals surface area contributed by atoms with E-state index in [0.29, 0.717) is 18.3 Å². The van der Waals surface area contributed by atoms with E-state index >= 15 is 0 Å². The fraction of sp³-hybridized carbons (Fsp3) is 0.520. The summed E-state index contributed by atoms with van der Waals surface area (Å²) in [5, 5.41) is 4.39. The Balaban J connectivity index is 1.71. The first-order valence-electron chi connectivity index (χ1n) is 11.8. The number of methoxy groups -OCH3 is 1. The van der Waals surface area contributed by atoms with Crippen molar-refractivity contribution in [3.63, 3.8) is 0 Å². The van der Waals surface area contributed by atoms with Crippen LogP contribution in [-0.2, 0) is 4.74 Å². The molecule has 0 aliphatic carbocycles. The molecule has 8 heteroatoms. The van der Waals surface area contributed by atoms with Crippen LogP contribution in [-0.4, -0.2) is 75.8 Å². The number of benzene rings is 1. The van der Waals surface area contributed by atoms with Gasteiger partial charge in [0.15, 0.2) is 5.82 Å². The summed E-state index contributed by atoms with van der Waals surface area (Å²) in [4.78, 5) is 9.36. The van der Waals surface area contributed by atoms with Crippen molar-refractivity contribution < 1.29 is 14.2 Å². The number of morpholine rings is 1. The third-order valence-electron chi connectivity index (χ3n) is 5.39. The summed E-state index contributed by atoms with van der Waals surface area (Å²) in [5.74, 6) is 2.06. The largest absolute Gasteiger partial charge is 0.497 e. The average molecular weight is 456 g/mol. The van der Waals surface area contributed by atoms with E-state index < -0.39 is 0 Å². The van der Waals surface area contributed by atoms with Crippen LogP contribution >= 0.6 is 0 Å². The van der Waals surface area contributed by atoms with Crippen molar-refractivity contribution in [3.05, 3.63) is 42.0 Å². The maximum absolute atomic E-state index is 6.06. The molecule has 3 rings (SSSR count). The normalized spacial score (nSPS) is 14.4.